The molecule has 1 aromatic rings. The average Bonchev–Trinajstić information content (AvgIpc) is 2.42. The highest BCUT2D eigenvalue weighted by Crippen LogP contribution is 2.21. The molecule has 0 saturated heterocycles. The lowest BCUT2D eigenvalue weighted by Crippen LogP contribution is -2.37. The minimum atomic E-state index is -0.503. The van der Waals surface area contributed by atoms with Crippen molar-refractivity contribution in [2.45, 2.75) is 53.2 Å². The van der Waals surface area contributed by atoms with E-state index in [0.29, 0.717) is 13.2 Å². The Morgan fingerprint density at radius 2 is 1.95 bits per heavy atom. The van der Waals surface area contributed by atoms with E-state index in [1.165, 1.54) is 0 Å². The quantitative estimate of drug-likeness (QED) is 0.750. The first-order chi connectivity index (χ1) is 9.91. The molecule has 0 radical (unpaired) electrons. The van der Waals surface area contributed by atoms with E-state index in [-0.39, 0.29) is 12.0 Å². The third kappa shape index (κ3) is 6.17. The minimum absolute atomic E-state index is 0.0968. The Balaban J connectivity index is 2.36. The molecule has 1 unspecified atom stereocenters. The highest BCUT2D eigenvalue weighted by Gasteiger charge is 2.15. The van der Waals surface area contributed by atoms with Gasteiger partial charge in [-0.2, -0.15) is 0 Å². The van der Waals surface area contributed by atoms with Crippen LogP contribution in [-0.4, -0.2) is 31.3 Å². The first kappa shape index (κ1) is 17.5. The van der Waals surface area contributed by atoms with Crippen LogP contribution >= 0.6 is 0 Å². The first-order valence-corrected chi connectivity index (χ1v) is 7.54. The summed E-state index contributed by atoms with van der Waals surface area (Å²) in [6, 6.07) is 5.86. The van der Waals surface area contributed by atoms with Crippen molar-refractivity contribution in [2.75, 3.05) is 13.2 Å². The molecule has 0 aliphatic carbocycles. The molecule has 0 aliphatic rings. The van der Waals surface area contributed by atoms with Gasteiger partial charge in [0.15, 0.2) is 6.10 Å². The molecule has 1 N–H and O–H groups in total. The maximum Gasteiger partial charge on any atom is 0.260 e. The number of amides is 1. The standard InChI is InChI=1S/C17H27NO3/c1-12(2)20-11-7-10-18-17(19)15(5)21-16-9-6-8-13(3)14(16)4/h6,8-9,12,15H,7,10-11H2,1-5H3,(H,18,19). The minimum Gasteiger partial charge on any atom is -0.481 e. The van der Waals surface area contributed by atoms with Crippen LogP contribution in [0.15, 0.2) is 18.2 Å². The molecule has 4 heteroatoms. The number of hydrogen-bond acceptors (Lipinski definition) is 3. The zero-order valence-electron chi connectivity index (χ0n) is 13.7. The van der Waals surface area contributed by atoms with Gasteiger partial charge in [0.2, 0.25) is 0 Å². The summed E-state index contributed by atoms with van der Waals surface area (Å²) in [5.41, 5.74) is 2.23. The molecule has 1 rings (SSSR count). The van der Waals surface area contributed by atoms with E-state index in [4.69, 9.17) is 9.47 Å². The monoisotopic (exact) mass is 293 g/mol. The Bertz CT molecular complexity index is 457. The Kier molecular flexibility index (Phi) is 7.23. The van der Waals surface area contributed by atoms with E-state index in [9.17, 15) is 4.79 Å². The number of rotatable bonds is 8. The van der Waals surface area contributed by atoms with E-state index in [2.05, 4.69) is 5.32 Å². The van der Waals surface area contributed by atoms with Gasteiger partial charge in [0.05, 0.1) is 6.10 Å². The molecule has 118 valence electrons. The lowest BCUT2D eigenvalue weighted by atomic mass is 10.1. The van der Waals surface area contributed by atoms with Crippen molar-refractivity contribution in [3.8, 4) is 5.75 Å². The van der Waals surface area contributed by atoms with Gasteiger partial charge < -0.3 is 14.8 Å². The van der Waals surface area contributed by atoms with Gasteiger partial charge in [-0.3, -0.25) is 4.79 Å². The van der Waals surface area contributed by atoms with Crippen LogP contribution in [0.2, 0.25) is 0 Å². The molecule has 0 aliphatic heterocycles. The molecule has 1 amide bonds. The van der Waals surface area contributed by atoms with Crippen LogP contribution < -0.4 is 10.1 Å². The summed E-state index contributed by atoms with van der Waals surface area (Å²) in [6.45, 7) is 11.1. The van der Waals surface area contributed by atoms with Crippen LogP contribution in [0.25, 0.3) is 0 Å². The number of carbonyl (C=O) groups excluding carboxylic acids is 1. The Labute approximate surface area is 127 Å². The molecular formula is C17H27NO3. The number of nitrogens with one attached hydrogen (secondary N) is 1. The highest BCUT2D eigenvalue weighted by molar-refractivity contribution is 5.80. The van der Waals surface area contributed by atoms with Gasteiger partial charge in [-0.15, -0.1) is 0 Å². The molecule has 0 spiro atoms. The first-order valence-electron chi connectivity index (χ1n) is 7.54. The molecular weight excluding hydrogens is 266 g/mol. The van der Waals surface area contributed by atoms with Gasteiger partial charge in [-0.25, -0.2) is 0 Å². The van der Waals surface area contributed by atoms with Crippen molar-refractivity contribution in [3.63, 3.8) is 0 Å². The van der Waals surface area contributed by atoms with Crippen molar-refractivity contribution in [2.24, 2.45) is 0 Å². The Morgan fingerprint density at radius 3 is 2.62 bits per heavy atom. The molecule has 4 nitrogen and oxygen atoms in total. The van der Waals surface area contributed by atoms with Gasteiger partial charge >= 0.3 is 0 Å². The van der Waals surface area contributed by atoms with Crippen LogP contribution in [0, 0.1) is 13.8 Å². The number of aryl methyl sites for hydroxylation is 1. The zero-order valence-corrected chi connectivity index (χ0v) is 13.7. The number of carbonyl (C=O) groups is 1. The third-order valence-electron chi connectivity index (χ3n) is 3.30. The number of hydrogen-bond donors (Lipinski definition) is 1. The third-order valence-corrected chi connectivity index (χ3v) is 3.30. The summed E-state index contributed by atoms with van der Waals surface area (Å²) in [6.07, 6.45) is 0.531. The Hall–Kier alpha value is -1.55. The van der Waals surface area contributed by atoms with Crippen LogP contribution in [-0.2, 0) is 9.53 Å². The Morgan fingerprint density at radius 1 is 1.24 bits per heavy atom. The summed E-state index contributed by atoms with van der Waals surface area (Å²) >= 11 is 0. The maximum atomic E-state index is 12.0. The van der Waals surface area contributed by atoms with E-state index in [1.54, 1.807) is 6.92 Å². The fourth-order valence-electron chi connectivity index (χ4n) is 1.84. The van der Waals surface area contributed by atoms with Crippen LogP contribution in [0.1, 0.15) is 38.3 Å². The highest BCUT2D eigenvalue weighted by atomic mass is 16.5. The van der Waals surface area contributed by atoms with Gasteiger partial charge in [-0.1, -0.05) is 12.1 Å². The molecule has 0 aromatic heterocycles. The van der Waals surface area contributed by atoms with Gasteiger partial charge in [0.25, 0.3) is 5.91 Å². The molecule has 0 saturated carbocycles. The van der Waals surface area contributed by atoms with Crippen molar-refractivity contribution >= 4 is 5.91 Å². The maximum absolute atomic E-state index is 12.0. The number of benzene rings is 1. The molecule has 0 fully saturated rings. The van der Waals surface area contributed by atoms with Crippen LogP contribution in [0.4, 0.5) is 0 Å². The molecule has 0 heterocycles. The predicted molar refractivity (Wildman–Crippen MR) is 84.7 cm³/mol. The topological polar surface area (TPSA) is 47.6 Å². The smallest absolute Gasteiger partial charge is 0.260 e. The summed E-state index contributed by atoms with van der Waals surface area (Å²) < 4.78 is 11.2. The van der Waals surface area contributed by atoms with Gasteiger partial charge in [-0.05, 0) is 58.2 Å². The summed E-state index contributed by atoms with van der Waals surface area (Å²) in [4.78, 5) is 12.0. The number of ether oxygens (including phenoxy) is 2. The second-order valence-electron chi connectivity index (χ2n) is 5.52. The van der Waals surface area contributed by atoms with E-state index in [0.717, 1.165) is 23.3 Å². The largest absolute Gasteiger partial charge is 0.481 e. The predicted octanol–water partition coefficient (Wildman–Crippen LogP) is 3.00. The SMILES string of the molecule is Cc1cccc(OC(C)C(=O)NCCCOC(C)C)c1C. The van der Waals surface area contributed by atoms with Crippen molar-refractivity contribution in [3.05, 3.63) is 29.3 Å². The molecule has 1 aromatic carbocycles. The van der Waals surface area contributed by atoms with Crippen molar-refractivity contribution in [1.29, 1.82) is 0 Å². The van der Waals surface area contributed by atoms with Crippen LogP contribution in [0.3, 0.4) is 0 Å². The second-order valence-corrected chi connectivity index (χ2v) is 5.52. The van der Waals surface area contributed by atoms with Crippen molar-refractivity contribution in [1.82, 2.24) is 5.32 Å². The van der Waals surface area contributed by atoms with Gasteiger partial charge in [0, 0.05) is 13.2 Å². The van der Waals surface area contributed by atoms with E-state index >= 15 is 0 Å². The van der Waals surface area contributed by atoms with Crippen LogP contribution in [0.5, 0.6) is 5.75 Å². The fraction of sp³-hybridized carbons (Fsp3) is 0.588. The fourth-order valence-corrected chi connectivity index (χ4v) is 1.84. The van der Waals surface area contributed by atoms with Crippen molar-refractivity contribution < 1.29 is 14.3 Å². The van der Waals surface area contributed by atoms with Gasteiger partial charge in [0.1, 0.15) is 5.75 Å². The molecule has 21 heavy (non-hydrogen) atoms. The normalized spacial score (nSPS) is 12.3. The lowest BCUT2D eigenvalue weighted by molar-refractivity contribution is -0.127. The summed E-state index contributed by atoms with van der Waals surface area (Å²) in [7, 11) is 0. The second kappa shape index (κ2) is 8.67. The van der Waals surface area contributed by atoms with E-state index in [1.807, 2.05) is 45.9 Å². The van der Waals surface area contributed by atoms with E-state index < -0.39 is 6.10 Å². The average molecular weight is 293 g/mol. The molecule has 1 atom stereocenters. The zero-order chi connectivity index (χ0) is 15.8. The lowest BCUT2D eigenvalue weighted by Gasteiger charge is -2.17. The molecule has 0 bridgehead atoms. The summed E-state index contributed by atoms with van der Waals surface area (Å²) in [5, 5.41) is 2.87. The summed E-state index contributed by atoms with van der Waals surface area (Å²) in [5.74, 6) is 0.668.